The minimum atomic E-state index is -0.979. The minimum Gasteiger partial charge on any atom is -0.480 e. The third-order valence-corrected chi connectivity index (χ3v) is 1.20. The van der Waals surface area contributed by atoms with Crippen molar-refractivity contribution in [2.45, 2.75) is 12.5 Å². The lowest BCUT2D eigenvalue weighted by molar-refractivity contribution is -0.138. The Balaban J connectivity index is 3.63. The molecule has 3 N–H and O–H groups in total. The van der Waals surface area contributed by atoms with Gasteiger partial charge in [0.15, 0.2) is 0 Å². The molecule has 0 aromatic carbocycles. The van der Waals surface area contributed by atoms with Crippen LogP contribution in [-0.4, -0.2) is 17.1 Å². The number of carboxylic acids is 1. The van der Waals surface area contributed by atoms with Gasteiger partial charge in [-0.3, -0.25) is 4.79 Å². The molecule has 0 fully saturated rings. The third-order valence-electron chi connectivity index (χ3n) is 0.759. The molecule has 0 aromatic rings. The van der Waals surface area contributed by atoms with Crippen LogP contribution in [0.25, 0.3) is 0 Å². The van der Waals surface area contributed by atoms with Crippen molar-refractivity contribution >= 4 is 28.6 Å². The van der Waals surface area contributed by atoms with E-state index in [1.54, 1.807) is 0 Å². The van der Waals surface area contributed by atoms with Crippen LogP contribution in [0.3, 0.4) is 0 Å². The van der Waals surface area contributed by atoms with Crippen molar-refractivity contribution in [1.29, 1.82) is 0 Å². The highest BCUT2D eigenvalue weighted by Crippen LogP contribution is 2.08. The Labute approximate surface area is 67.1 Å². The summed E-state index contributed by atoms with van der Waals surface area (Å²) >= 11 is 1.95. The summed E-state index contributed by atoms with van der Waals surface area (Å²) in [4.78, 5) is 10.1. The average Bonchev–Trinajstić information content (AvgIpc) is 1.63. The molecule has 0 amide bonds. The second-order valence-electron chi connectivity index (χ2n) is 1.67. The van der Waals surface area contributed by atoms with Crippen LogP contribution in [0.1, 0.15) is 6.42 Å². The van der Waals surface area contributed by atoms with E-state index in [-0.39, 0.29) is 0 Å². The molecular formula is C5H8INO2. The Bertz CT molecular complexity index is 135. The fourth-order valence-corrected chi connectivity index (χ4v) is 0.800. The third kappa shape index (κ3) is 4.41. The maximum absolute atomic E-state index is 10.1. The molecule has 3 nitrogen and oxygen atoms in total. The van der Waals surface area contributed by atoms with E-state index in [1.807, 2.05) is 22.6 Å². The van der Waals surface area contributed by atoms with Crippen molar-refractivity contribution in [3.8, 4) is 0 Å². The van der Waals surface area contributed by atoms with Crippen molar-refractivity contribution in [1.82, 2.24) is 0 Å². The molecule has 0 saturated carbocycles. The zero-order valence-corrected chi connectivity index (χ0v) is 6.96. The molecule has 4 heteroatoms. The summed E-state index contributed by atoms with van der Waals surface area (Å²) in [7, 11) is 0. The largest absolute Gasteiger partial charge is 0.480 e. The highest BCUT2D eigenvalue weighted by atomic mass is 127. The van der Waals surface area contributed by atoms with Gasteiger partial charge in [-0.15, -0.1) is 0 Å². The topological polar surface area (TPSA) is 63.3 Å². The summed E-state index contributed by atoms with van der Waals surface area (Å²) in [5.41, 5.74) is 5.15. The SMILES string of the molecule is C=C(I)CC(N)C(=O)O. The normalized spacial score (nSPS) is 12.7. The zero-order valence-electron chi connectivity index (χ0n) is 4.80. The highest BCUT2D eigenvalue weighted by molar-refractivity contribution is 14.1. The van der Waals surface area contributed by atoms with Crippen LogP contribution in [-0.2, 0) is 4.79 Å². The van der Waals surface area contributed by atoms with E-state index in [0.717, 1.165) is 3.58 Å². The molecule has 0 rings (SSSR count). The molecule has 0 aliphatic rings. The van der Waals surface area contributed by atoms with Gasteiger partial charge in [0.2, 0.25) is 0 Å². The van der Waals surface area contributed by atoms with Crippen LogP contribution in [0.4, 0.5) is 0 Å². The van der Waals surface area contributed by atoms with E-state index >= 15 is 0 Å². The standard InChI is InChI=1S/C5H8INO2/c1-3(6)2-4(7)5(8)9/h4H,1-2,7H2,(H,8,9). The predicted octanol–water partition coefficient (Wildman–Crippen LogP) is 0.737. The van der Waals surface area contributed by atoms with Gasteiger partial charge in [0, 0.05) is 6.42 Å². The van der Waals surface area contributed by atoms with Gasteiger partial charge in [0.1, 0.15) is 6.04 Å². The Kier molecular flexibility index (Phi) is 3.79. The lowest BCUT2D eigenvalue weighted by Crippen LogP contribution is -2.29. The first-order valence-corrected chi connectivity index (χ1v) is 3.43. The van der Waals surface area contributed by atoms with Gasteiger partial charge < -0.3 is 10.8 Å². The molecule has 1 atom stereocenters. The highest BCUT2D eigenvalue weighted by Gasteiger charge is 2.10. The van der Waals surface area contributed by atoms with Gasteiger partial charge in [-0.25, -0.2) is 0 Å². The van der Waals surface area contributed by atoms with E-state index in [1.165, 1.54) is 0 Å². The number of hydrogen-bond donors (Lipinski definition) is 2. The van der Waals surface area contributed by atoms with Crippen LogP contribution in [0.15, 0.2) is 10.2 Å². The molecule has 9 heavy (non-hydrogen) atoms. The predicted molar refractivity (Wildman–Crippen MR) is 43.4 cm³/mol. The van der Waals surface area contributed by atoms with Gasteiger partial charge in [-0.1, -0.05) is 6.58 Å². The molecule has 0 aliphatic heterocycles. The monoisotopic (exact) mass is 241 g/mol. The molecule has 0 heterocycles. The van der Waals surface area contributed by atoms with Gasteiger partial charge in [0.25, 0.3) is 0 Å². The molecular weight excluding hydrogens is 233 g/mol. The molecule has 0 spiro atoms. The smallest absolute Gasteiger partial charge is 0.320 e. The first-order chi connectivity index (χ1) is 4.04. The van der Waals surface area contributed by atoms with E-state index < -0.39 is 12.0 Å². The maximum atomic E-state index is 10.1. The number of nitrogens with two attached hydrogens (primary N) is 1. The Morgan fingerprint density at radius 2 is 2.33 bits per heavy atom. The Hall–Kier alpha value is -0.100. The van der Waals surface area contributed by atoms with E-state index in [0.29, 0.717) is 6.42 Å². The van der Waals surface area contributed by atoms with Crippen LogP contribution in [0, 0.1) is 0 Å². The number of aliphatic carboxylic acids is 1. The number of carbonyl (C=O) groups is 1. The van der Waals surface area contributed by atoms with Crippen molar-refractivity contribution in [2.24, 2.45) is 5.73 Å². The minimum absolute atomic E-state index is 0.343. The van der Waals surface area contributed by atoms with Crippen LogP contribution in [0.2, 0.25) is 0 Å². The maximum Gasteiger partial charge on any atom is 0.320 e. The zero-order chi connectivity index (χ0) is 7.44. The van der Waals surface area contributed by atoms with Gasteiger partial charge in [0.05, 0.1) is 0 Å². The molecule has 52 valence electrons. The van der Waals surface area contributed by atoms with Crippen LogP contribution < -0.4 is 5.73 Å². The summed E-state index contributed by atoms with van der Waals surface area (Å²) in [5, 5.41) is 8.26. The summed E-state index contributed by atoms with van der Waals surface area (Å²) in [6.45, 7) is 3.52. The Morgan fingerprint density at radius 1 is 1.89 bits per heavy atom. The first kappa shape index (κ1) is 8.90. The van der Waals surface area contributed by atoms with Crippen molar-refractivity contribution in [3.05, 3.63) is 10.2 Å². The molecule has 0 aliphatic carbocycles. The summed E-state index contributed by atoms with van der Waals surface area (Å²) < 4.78 is 0.766. The number of carboxylic acid groups (broad SMARTS) is 1. The Morgan fingerprint density at radius 3 is 2.44 bits per heavy atom. The van der Waals surface area contributed by atoms with Crippen molar-refractivity contribution in [2.75, 3.05) is 0 Å². The lowest BCUT2D eigenvalue weighted by atomic mass is 10.2. The van der Waals surface area contributed by atoms with Crippen LogP contribution in [0.5, 0.6) is 0 Å². The second kappa shape index (κ2) is 3.84. The molecule has 0 bridgehead atoms. The van der Waals surface area contributed by atoms with E-state index in [4.69, 9.17) is 10.8 Å². The van der Waals surface area contributed by atoms with E-state index in [2.05, 4.69) is 6.58 Å². The second-order valence-corrected chi connectivity index (χ2v) is 3.19. The van der Waals surface area contributed by atoms with Gasteiger partial charge in [-0.2, -0.15) is 0 Å². The molecule has 1 unspecified atom stereocenters. The summed E-state index contributed by atoms with van der Waals surface area (Å²) in [6.07, 6.45) is 0.343. The van der Waals surface area contributed by atoms with Crippen molar-refractivity contribution < 1.29 is 9.90 Å². The quantitative estimate of drug-likeness (QED) is 0.716. The lowest BCUT2D eigenvalue weighted by Gasteiger charge is -2.02. The van der Waals surface area contributed by atoms with Crippen molar-refractivity contribution in [3.63, 3.8) is 0 Å². The number of halogens is 1. The van der Waals surface area contributed by atoms with E-state index in [9.17, 15) is 4.79 Å². The number of hydrogen-bond acceptors (Lipinski definition) is 2. The number of rotatable bonds is 3. The summed E-state index contributed by atoms with van der Waals surface area (Å²) in [6, 6.07) is -0.797. The fraction of sp³-hybridized carbons (Fsp3) is 0.400. The summed E-state index contributed by atoms with van der Waals surface area (Å²) in [5.74, 6) is -0.979. The van der Waals surface area contributed by atoms with Gasteiger partial charge >= 0.3 is 5.97 Å². The van der Waals surface area contributed by atoms with Gasteiger partial charge in [-0.05, 0) is 26.2 Å². The molecule has 0 aromatic heterocycles. The molecule has 0 saturated heterocycles. The fourth-order valence-electron chi connectivity index (χ4n) is 0.326. The average molecular weight is 241 g/mol. The molecule has 0 radical (unpaired) electrons. The first-order valence-electron chi connectivity index (χ1n) is 2.35. The van der Waals surface area contributed by atoms with Crippen LogP contribution >= 0.6 is 22.6 Å².